The molecule has 2 aliphatic rings. The number of amides is 1. The van der Waals surface area contributed by atoms with Crippen molar-refractivity contribution in [2.24, 2.45) is 0 Å². The molecule has 0 saturated heterocycles. The molecule has 1 fully saturated rings. The molecule has 2 aromatic heterocycles. The molecule has 2 N–H and O–H groups in total. The molecule has 1 aliphatic carbocycles. The van der Waals surface area contributed by atoms with Crippen LogP contribution in [0, 0.1) is 0 Å². The number of benzene rings is 2. The van der Waals surface area contributed by atoms with Crippen molar-refractivity contribution >= 4 is 22.5 Å². The van der Waals surface area contributed by atoms with E-state index >= 15 is 0 Å². The summed E-state index contributed by atoms with van der Waals surface area (Å²) < 4.78 is 7.65. The van der Waals surface area contributed by atoms with Gasteiger partial charge in [0.15, 0.2) is 0 Å². The third-order valence-corrected chi connectivity index (χ3v) is 7.86. The topological polar surface area (TPSA) is 99.9 Å². The van der Waals surface area contributed by atoms with Crippen LogP contribution in [0.3, 0.4) is 0 Å². The van der Waals surface area contributed by atoms with Crippen LogP contribution in [0.5, 0.6) is 5.75 Å². The Morgan fingerprint density at radius 2 is 1.92 bits per heavy atom. The highest BCUT2D eigenvalue weighted by Crippen LogP contribution is 2.35. The molecule has 0 radical (unpaired) electrons. The van der Waals surface area contributed by atoms with E-state index in [2.05, 4.69) is 9.97 Å². The average molecular weight is 487 g/mol. The number of aromatic amines is 1. The molecule has 0 bridgehead atoms. The van der Waals surface area contributed by atoms with E-state index in [0.29, 0.717) is 41.2 Å². The minimum absolute atomic E-state index is 0.132. The van der Waals surface area contributed by atoms with Gasteiger partial charge in [0.1, 0.15) is 17.1 Å². The predicted molar refractivity (Wildman–Crippen MR) is 137 cm³/mol. The Morgan fingerprint density at radius 3 is 2.67 bits per heavy atom. The summed E-state index contributed by atoms with van der Waals surface area (Å²) in [7, 11) is 1.55. The van der Waals surface area contributed by atoms with Crippen molar-refractivity contribution in [3.8, 4) is 5.75 Å². The van der Waals surface area contributed by atoms with Crippen LogP contribution in [0.25, 0.3) is 16.6 Å². The fourth-order valence-electron chi connectivity index (χ4n) is 5.95. The number of H-pyrrole nitrogens is 1. The monoisotopic (exact) mass is 486 g/mol. The third kappa shape index (κ3) is 3.67. The lowest BCUT2D eigenvalue weighted by Crippen LogP contribution is -2.46. The second kappa shape index (κ2) is 9.09. The lowest BCUT2D eigenvalue weighted by atomic mass is 9.88. The fourth-order valence-corrected chi connectivity index (χ4v) is 5.95. The molecule has 3 heterocycles. The van der Waals surface area contributed by atoms with Crippen LogP contribution >= 0.6 is 0 Å². The number of imidazole rings is 1. The number of hydrogen-bond acceptors (Lipinski definition) is 5. The molecular formula is C28H30N4O4. The molecule has 0 spiro atoms. The lowest BCUT2D eigenvalue weighted by molar-refractivity contribution is 0.0541. The van der Waals surface area contributed by atoms with Crippen LogP contribution in [0.1, 0.15) is 65.3 Å². The highest BCUT2D eigenvalue weighted by Gasteiger charge is 2.32. The van der Waals surface area contributed by atoms with E-state index in [1.807, 2.05) is 34.7 Å². The van der Waals surface area contributed by atoms with Gasteiger partial charge >= 0.3 is 0 Å². The van der Waals surface area contributed by atoms with E-state index in [0.717, 1.165) is 48.2 Å². The van der Waals surface area contributed by atoms with Gasteiger partial charge in [0.2, 0.25) is 0 Å². The SMILES string of the molecule is COc1cc2c(cc1C(=O)N1Cc3ccccc3CC1CO)[nH]c(=O)c1cnc(C3CCCCC3)n12. The molecule has 186 valence electrons. The van der Waals surface area contributed by atoms with Crippen LogP contribution in [-0.4, -0.2) is 50.0 Å². The maximum absolute atomic E-state index is 13.8. The number of aliphatic hydroxyl groups is 1. The highest BCUT2D eigenvalue weighted by molar-refractivity contribution is 6.01. The minimum Gasteiger partial charge on any atom is -0.496 e. The number of hydrogen-bond donors (Lipinski definition) is 2. The Labute approximate surface area is 208 Å². The number of aliphatic hydroxyl groups excluding tert-OH is 1. The molecule has 8 nitrogen and oxygen atoms in total. The van der Waals surface area contributed by atoms with Gasteiger partial charge in [-0.1, -0.05) is 43.5 Å². The van der Waals surface area contributed by atoms with Crippen LogP contribution in [-0.2, 0) is 13.0 Å². The van der Waals surface area contributed by atoms with E-state index < -0.39 is 0 Å². The zero-order valence-corrected chi connectivity index (χ0v) is 20.4. The largest absolute Gasteiger partial charge is 0.496 e. The Balaban J connectivity index is 1.47. The standard InChI is InChI=1S/C28H30N4O4/c1-36-25-13-23-22(30-27(34)24-14-29-26(32(23)24)17-7-3-2-4-8-17)12-21(25)28(35)31-15-19-10-6-5-9-18(19)11-20(31)16-33/h5-6,9-10,12-14,17,20,33H,2-4,7-8,11,15-16H2,1H3,(H,30,34). The van der Waals surface area contributed by atoms with Gasteiger partial charge in [-0.25, -0.2) is 4.98 Å². The van der Waals surface area contributed by atoms with Crippen molar-refractivity contribution in [3.05, 3.63) is 75.5 Å². The molecule has 2 aromatic carbocycles. The van der Waals surface area contributed by atoms with Crippen molar-refractivity contribution in [1.29, 1.82) is 0 Å². The number of ether oxygens (including phenoxy) is 1. The van der Waals surface area contributed by atoms with Crippen molar-refractivity contribution in [2.45, 2.75) is 57.0 Å². The van der Waals surface area contributed by atoms with Gasteiger partial charge in [0.05, 0.1) is 42.6 Å². The predicted octanol–water partition coefficient (Wildman–Crippen LogP) is 3.79. The van der Waals surface area contributed by atoms with E-state index in [1.165, 1.54) is 6.42 Å². The van der Waals surface area contributed by atoms with Crippen molar-refractivity contribution in [2.75, 3.05) is 13.7 Å². The van der Waals surface area contributed by atoms with Crippen molar-refractivity contribution < 1.29 is 14.6 Å². The van der Waals surface area contributed by atoms with Crippen LogP contribution < -0.4 is 10.3 Å². The molecule has 1 unspecified atom stereocenters. The molecule has 1 atom stereocenters. The smallest absolute Gasteiger partial charge is 0.274 e. The van der Waals surface area contributed by atoms with Crippen molar-refractivity contribution in [1.82, 2.24) is 19.3 Å². The van der Waals surface area contributed by atoms with Crippen molar-refractivity contribution in [3.63, 3.8) is 0 Å². The molecule has 4 aromatic rings. The zero-order valence-electron chi connectivity index (χ0n) is 20.4. The second-order valence-electron chi connectivity index (χ2n) is 9.94. The van der Waals surface area contributed by atoms with Gasteiger partial charge in [0.25, 0.3) is 11.5 Å². The quantitative estimate of drug-likeness (QED) is 0.457. The van der Waals surface area contributed by atoms with E-state index in [1.54, 1.807) is 24.3 Å². The summed E-state index contributed by atoms with van der Waals surface area (Å²) in [5.74, 6) is 1.40. The zero-order chi connectivity index (χ0) is 24.8. The average Bonchev–Trinajstić information content (AvgIpc) is 3.38. The van der Waals surface area contributed by atoms with Crippen LogP contribution in [0.4, 0.5) is 0 Å². The Hall–Kier alpha value is -3.65. The third-order valence-electron chi connectivity index (χ3n) is 7.86. The van der Waals surface area contributed by atoms with Crippen LogP contribution in [0.2, 0.25) is 0 Å². The fraction of sp³-hybridized carbons (Fsp3) is 0.393. The van der Waals surface area contributed by atoms with E-state index in [9.17, 15) is 14.7 Å². The number of nitrogens with one attached hydrogen (secondary N) is 1. The Kier molecular flexibility index (Phi) is 5.76. The second-order valence-corrected chi connectivity index (χ2v) is 9.94. The molecule has 1 saturated carbocycles. The van der Waals surface area contributed by atoms with Gasteiger partial charge in [-0.05, 0) is 36.5 Å². The van der Waals surface area contributed by atoms with E-state index in [-0.39, 0.29) is 24.1 Å². The summed E-state index contributed by atoms with van der Waals surface area (Å²) in [4.78, 5) is 36.1. The first-order chi connectivity index (χ1) is 17.6. The number of carbonyl (C=O) groups is 1. The lowest BCUT2D eigenvalue weighted by Gasteiger charge is -2.36. The molecule has 8 heteroatoms. The maximum Gasteiger partial charge on any atom is 0.274 e. The summed E-state index contributed by atoms with van der Waals surface area (Å²) >= 11 is 0. The first-order valence-corrected chi connectivity index (χ1v) is 12.7. The van der Waals surface area contributed by atoms with Gasteiger partial charge < -0.3 is 19.7 Å². The Bertz CT molecular complexity index is 1520. The van der Waals surface area contributed by atoms with Gasteiger partial charge in [-0.15, -0.1) is 0 Å². The molecular weight excluding hydrogens is 456 g/mol. The van der Waals surface area contributed by atoms with Gasteiger partial charge in [-0.2, -0.15) is 0 Å². The number of fused-ring (bicyclic) bond motifs is 4. The summed E-state index contributed by atoms with van der Waals surface area (Å²) in [6.45, 7) is 0.275. The first-order valence-electron chi connectivity index (χ1n) is 12.7. The summed E-state index contributed by atoms with van der Waals surface area (Å²) in [6.07, 6.45) is 7.90. The number of carbonyl (C=O) groups excluding carboxylic acids is 1. The first kappa shape index (κ1) is 22.8. The summed E-state index contributed by atoms with van der Waals surface area (Å²) in [6, 6.07) is 11.2. The maximum atomic E-state index is 13.8. The summed E-state index contributed by atoms with van der Waals surface area (Å²) in [5, 5.41) is 10.1. The normalized spacial score (nSPS) is 18.5. The molecule has 6 rings (SSSR count). The molecule has 1 aliphatic heterocycles. The molecule has 36 heavy (non-hydrogen) atoms. The highest BCUT2D eigenvalue weighted by atomic mass is 16.5. The number of methoxy groups -OCH3 is 1. The number of nitrogens with zero attached hydrogens (tertiary/aromatic N) is 3. The van der Waals surface area contributed by atoms with Gasteiger partial charge in [-0.3, -0.25) is 14.0 Å². The number of aromatic nitrogens is 3. The Morgan fingerprint density at radius 1 is 1.14 bits per heavy atom. The van der Waals surface area contributed by atoms with E-state index in [4.69, 9.17) is 4.74 Å². The van der Waals surface area contributed by atoms with Gasteiger partial charge in [0, 0.05) is 18.5 Å². The minimum atomic E-state index is -0.333. The summed E-state index contributed by atoms with van der Waals surface area (Å²) in [5.41, 5.74) is 4.16. The number of rotatable bonds is 4. The van der Waals surface area contributed by atoms with Crippen LogP contribution in [0.15, 0.2) is 47.4 Å². The molecule has 1 amide bonds.